The van der Waals surface area contributed by atoms with E-state index in [1.54, 1.807) is 49.4 Å². The van der Waals surface area contributed by atoms with Crippen LogP contribution in [0.1, 0.15) is 50.8 Å². The minimum absolute atomic E-state index is 0.0341. The number of fused-ring (bicyclic) bond motifs is 1. The summed E-state index contributed by atoms with van der Waals surface area (Å²) < 4.78 is 26.2. The summed E-state index contributed by atoms with van der Waals surface area (Å²) in [6.07, 6.45) is 1.22. The van der Waals surface area contributed by atoms with E-state index in [1.165, 1.54) is 6.33 Å². The van der Waals surface area contributed by atoms with Gasteiger partial charge in [0.2, 0.25) is 5.91 Å². The number of imidazole rings is 1. The summed E-state index contributed by atoms with van der Waals surface area (Å²) in [7, 11) is 3.25. The first-order valence-corrected chi connectivity index (χ1v) is 19.5. The first-order valence-electron chi connectivity index (χ1n) is 19.5. The van der Waals surface area contributed by atoms with Gasteiger partial charge in [0.15, 0.2) is 17.0 Å². The molecule has 60 heavy (non-hydrogen) atoms. The molecule has 7 aromatic rings. The van der Waals surface area contributed by atoms with Crippen molar-refractivity contribution >= 4 is 28.8 Å². The van der Waals surface area contributed by atoms with Crippen LogP contribution < -0.4 is 20.1 Å². The summed E-state index contributed by atoms with van der Waals surface area (Å²) in [6, 6.07) is 41.9. The number of aromatic nitrogens is 4. The van der Waals surface area contributed by atoms with Gasteiger partial charge in [-0.15, -0.1) is 0 Å². The maximum absolute atomic E-state index is 13.4. The molecule has 0 radical (unpaired) electrons. The highest BCUT2D eigenvalue weighted by Crippen LogP contribution is 2.43. The number of carbonyl (C=O) groups is 2. The summed E-state index contributed by atoms with van der Waals surface area (Å²) in [5, 5.41) is 17.2. The Labute approximate surface area is 347 Å². The average molecular weight is 805 g/mol. The van der Waals surface area contributed by atoms with Crippen LogP contribution in [0.4, 0.5) is 5.82 Å². The molecule has 1 unspecified atom stereocenters. The minimum Gasteiger partial charge on any atom is -0.497 e. The lowest BCUT2D eigenvalue weighted by molar-refractivity contribution is -0.120. The number of amides is 2. The first-order chi connectivity index (χ1) is 29.3. The van der Waals surface area contributed by atoms with Gasteiger partial charge in [0.25, 0.3) is 5.91 Å². The highest BCUT2D eigenvalue weighted by atomic mass is 16.6. The van der Waals surface area contributed by atoms with Gasteiger partial charge < -0.3 is 34.7 Å². The number of benzene rings is 5. The lowest BCUT2D eigenvalue weighted by Crippen LogP contribution is -2.38. The van der Waals surface area contributed by atoms with Crippen LogP contribution in [0.25, 0.3) is 11.2 Å². The largest absolute Gasteiger partial charge is 0.497 e. The van der Waals surface area contributed by atoms with Gasteiger partial charge in [-0.2, -0.15) is 0 Å². The molecule has 13 heteroatoms. The van der Waals surface area contributed by atoms with E-state index in [-0.39, 0.29) is 30.7 Å². The number of aliphatic hydroxyl groups excluding tert-OH is 1. The number of anilines is 1. The number of ether oxygens (including phenoxy) is 4. The Morgan fingerprint density at radius 3 is 2.02 bits per heavy atom. The van der Waals surface area contributed by atoms with Crippen LogP contribution in [-0.4, -0.2) is 69.5 Å². The molecule has 1 aliphatic heterocycles. The number of methoxy groups -OCH3 is 2. The van der Waals surface area contributed by atoms with E-state index in [4.69, 9.17) is 18.9 Å². The predicted octanol–water partition coefficient (Wildman–Crippen LogP) is 6.61. The Morgan fingerprint density at radius 1 is 0.767 bits per heavy atom. The molecule has 1 fully saturated rings. The van der Waals surface area contributed by atoms with Crippen molar-refractivity contribution in [1.29, 1.82) is 0 Å². The summed E-state index contributed by atoms with van der Waals surface area (Å²) in [6.45, 7) is 0.369. The molecule has 1 saturated heterocycles. The van der Waals surface area contributed by atoms with E-state index in [9.17, 15) is 14.7 Å². The molecule has 3 heterocycles. The number of hydrogen-bond donors (Lipinski definition) is 3. The lowest BCUT2D eigenvalue weighted by Gasteiger charge is -2.37. The Kier molecular flexibility index (Phi) is 11.9. The summed E-state index contributed by atoms with van der Waals surface area (Å²) in [5.41, 5.74) is 4.48. The molecule has 0 spiro atoms. The van der Waals surface area contributed by atoms with Crippen molar-refractivity contribution in [2.75, 3.05) is 26.1 Å². The predicted molar refractivity (Wildman–Crippen MR) is 225 cm³/mol. The molecule has 13 nitrogen and oxygen atoms in total. The highest BCUT2D eigenvalue weighted by molar-refractivity contribution is 6.06. The molecular formula is C47H44N6O7. The Morgan fingerprint density at radius 2 is 1.38 bits per heavy atom. The molecule has 304 valence electrons. The second-order valence-electron chi connectivity index (χ2n) is 14.4. The zero-order valence-electron chi connectivity index (χ0n) is 33.1. The van der Waals surface area contributed by atoms with Crippen molar-refractivity contribution in [2.24, 2.45) is 0 Å². The van der Waals surface area contributed by atoms with Gasteiger partial charge >= 0.3 is 0 Å². The number of hydrogen-bond acceptors (Lipinski definition) is 10. The SMILES string of the molecule is COc1ccc(C(OC[C@H]2O[C@@H](n3cnc4c(NC(=O)c5ccc(CNC(=O)Cc6ccccc6)cc5)ncnc43)CC2O)(c2ccccc2)c2ccc(OC)cc2)cc1. The molecule has 0 saturated carbocycles. The highest BCUT2D eigenvalue weighted by Gasteiger charge is 2.42. The third-order valence-corrected chi connectivity index (χ3v) is 10.7. The summed E-state index contributed by atoms with van der Waals surface area (Å²) >= 11 is 0. The molecule has 3 N–H and O–H groups in total. The monoisotopic (exact) mass is 804 g/mol. The zero-order chi connectivity index (χ0) is 41.5. The van der Waals surface area contributed by atoms with Crippen LogP contribution in [0, 0.1) is 0 Å². The number of aliphatic hydroxyl groups is 1. The maximum Gasteiger partial charge on any atom is 0.256 e. The number of nitrogens with one attached hydrogen (secondary N) is 2. The number of nitrogens with zero attached hydrogens (tertiary/aromatic N) is 4. The molecule has 1 aliphatic rings. The number of carbonyl (C=O) groups excluding carboxylic acids is 2. The zero-order valence-corrected chi connectivity index (χ0v) is 33.1. The van der Waals surface area contributed by atoms with Crippen LogP contribution in [0.2, 0.25) is 0 Å². The smallest absolute Gasteiger partial charge is 0.256 e. The Bertz CT molecular complexity index is 2490. The minimum atomic E-state index is -1.10. The van der Waals surface area contributed by atoms with E-state index >= 15 is 0 Å². The van der Waals surface area contributed by atoms with Crippen molar-refractivity contribution in [3.63, 3.8) is 0 Å². The van der Waals surface area contributed by atoms with Gasteiger partial charge in [0.05, 0.1) is 39.7 Å². The van der Waals surface area contributed by atoms with E-state index in [0.717, 1.165) is 27.8 Å². The van der Waals surface area contributed by atoms with Gasteiger partial charge in [-0.3, -0.25) is 14.2 Å². The quantitative estimate of drug-likeness (QED) is 0.0964. The molecule has 2 aromatic heterocycles. The van der Waals surface area contributed by atoms with Crippen LogP contribution in [-0.2, 0) is 32.8 Å². The lowest BCUT2D eigenvalue weighted by atomic mass is 9.80. The second kappa shape index (κ2) is 17.9. The third-order valence-electron chi connectivity index (χ3n) is 10.7. The van der Waals surface area contributed by atoms with Gasteiger partial charge in [-0.05, 0) is 64.2 Å². The fourth-order valence-electron chi connectivity index (χ4n) is 7.47. The topological polar surface area (TPSA) is 159 Å². The van der Waals surface area contributed by atoms with Crippen LogP contribution in [0.3, 0.4) is 0 Å². The van der Waals surface area contributed by atoms with Gasteiger partial charge in [0, 0.05) is 18.5 Å². The van der Waals surface area contributed by atoms with E-state index in [0.29, 0.717) is 41.2 Å². The maximum atomic E-state index is 13.4. The first kappa shape index (κ1) is 39.9. The summed E-state index contributed by atoms with van der Waals surface area (Å²) in [5.74, 6) is 1.17. The third kappa shape index (κ3) is 8.45. The number of rotatable bonds is 15. The average Bonchev–Trinajstić information content (AvgIpc) is 3.90. The molecule has 8 rings (SSSR count). The molecule has 2 amide bonds. The van der Waals surface area contributed by atoms with Crippen molar-refractivity contribution in [3.8, 4) is 11.5 Å². The molecular weight excluding hydrogens is 761 g/mol. The van der Waals surface area contributed by atoms with E-state index in [2.05, 4.69) is 25.6 Å². The molecule has 3 atom stereocenters. The fraction of sp³-hybridized carbons (Fsp3) is 0.213. The van der Waals surface area contributed by atoms with Crippen LogP contribution >= 0.6 is 0 Å². The van der Waals surface area contributed by atoms with Crippen molar-refractivity contribution in [3.05, 3.63) is 179 Å². The van der Waals surface area contributed by atoms with Crippen LogP contribution in [0.15, 0.2) is 146 Å². The van der Waals surface area contributed by atoms with Crippen molar-refractivity contribution < 1.29 is 33.6 Å². The van der Waals surface area contributed by atoms with Crippen LogP contribution in [0.5, 0.6) is 11.5 Å². The fourth-order valence-corrected chi connectivity index (χ4v) is 7.47. The van der Waals surface area contributed by atoms with Gasteiger partial charge in [0.1, 0.15) is 35.8 Å². The van der Waals surface area contributed by atoms with E-state index < -0.39 is 24.0 Å². The van der Waals surface area contributed by atoms with Gasteiger partial charge in [-0.1, -0.05) is 97.1 Å². The molecule has 0 bridgehead atoms. The Balaban J connectivity index is 0.968. The molecule has 5 aromatic carbocycles. The summed E-state index contributed by atoms with van der Waals surface area (Å²) in [4.78, 5) is 39.1. The molecule has 0 aliphatic carbocycles. The normalized spacial score (nSPS) is 16.4. The van der Waals surface area contributed by atoms with Crippen molar-refractivity contribution in [1.82, 2.24) is 24.8 Å². The van der Waals surface area contributed by atoms with Gasteiger partial charge in [-0.25, -0.2) is 15.0 Å². The second-order valence-corrected chi connectivity index (χ2v) is 14.4. The standard InChI is InChI=1S/C47H44N6O7/c1-57-37-21-17-35(18-22-37)47(34-11-7-4-8-12-34,36-19-23-38(58-2)24-20-36)59-28-40-39(54)26-42(60-40)53-30-51-43-44(49-29-50-45(43)53)52-46(56)33-15-13-32(14-16-33)27-48-41(55)25-31-9-5-3-6-10-31/h3-24,29-30,39-40,42,54H,25-28H2,1-2H3,(H,48,55)(H,49,50,52,56)/t39?,40-,42-/m1/s1. The van der Waals surface area contributed by atoms with Crippen molar-refractivity contribution in [2.45, 2.75) is 43.4 Å². The Hall–Kier alpha value is -6.93. The van der Waals surface area contributed by atoms with E-state index in [1.807, 2.05) is 109 Å².